The van der Waals surface area contributed by atoms with Crippen molar-refractivity contribution in [2.75, 3.05) is 19.6 Å². The first-order chi connectivity index (χ1) is 15.0. The van der Waals surface area contributed by atoms with E-state index in [9.17, 15) is 14.4 Å². The highest BCUT2D eigenvalue weighted by molar-refractivity contribution is 5.90. The molecule has 2 heterocycles. The molecule has 1 aromatic heterocycles. The Bertz CT molecular complexity index is 808. The average molecular weight is 430 g/mol. The van der Waals surface area contributed by atoms with Crippen molar-refractivity contribution in [3.05, 3.63) is 18.2 Å². The number of carbonyl (C=O) groups excluding carboxylic acids is 2. The fourth-order valence-electron chi connectivity index (χ4n) is 4.45. The van der Waals surface area contributed by atoms with E-state index in [1.807, 2.05) is 0 Å². The number of likely N-dealkylation sites (tertiary alicyclic amines) is 1. The van der Waals surface area contributed by atoms with Crippen LogP contribution in [0.4, 0.5) is 0 Å². The van der Waals surface area contributed by atoms with E-state index in [1.54, 1.807) is 11.1 Å². The molecule has 9 nitrogen and oxygen atoms in total. The molecule has 2 atom stereocenters. The Morgan fingerprint density at radius 2 is 2.03 bits per heavy atom. The van der Waals surface area contributed by atoms with E-state index in [4.69, 9.17) is 5.11 Å². The number of carboxylic acid groups (broad SMARTS) is 1. The van der Waals surface area contributed by atoms with Crippen LogP contribution in [-0.4, -0.2) is 69.5 Å². The lowest BCUT2D eigenvalue weighted by molar-refractivity contribution is -0.141. The summed E-state index contributed by atoms with van der Waals surface area (Å²) in [6, 6.07) is -1.12. The molecule has 1 aromatic rings. The number of rotatable bonds is 8. The average Bonchev–Trinajstić information content (AvgIpc) is 3.46. The Labute approximate surface area is 182 Å². The summed E-state index contributed by atoms with van der Waals surface area (Å²) >= 11 is 0. The van der Waals surface area contributed by atoms with Gasteiger partial charge in [0.25, 0.3) is 0 Å². The molecule has 0 radical (unpaired) electrons. The molecule has 3 rings (SSSR count). The lowest BCUT2D eigenvalue weighted by Crippen LogP contribution is -2.53. The van der Waals surface area contributed by atoms with Crippen LogP contribution in [-0.2, 0) is 14.4 Å². The molecule has 2 aliphatic rings. The zero-order chi connectivity index (χ0) is 22.1. The molecule has 0 unspecified atom stereocenters. The number of H-pyrrole nitrogens is 1. The smallest absolute Gasteiger partial charge is 0.317 e. The van der Waals surface area contributed by atoms with Crippen molar-refractivity contribution in [1.29, 1.82) is 0 Å². The fourth-order valence-corrected chi connectivity index (χ4v) is 4.45. The topological polar surface area (TPSA) is 127 Å². The summed E-state index contributed by atoms with van der Waals surface area (Å²) in [5.41, 5.74) is 0.668. The van der Waals surface area contributed by atoms with Crippen LogP contribution in [0.5, 0.6) is 0 Å². The molecular formula is C22H31N5O4. The Hall–Kier alpha value is -2.86. The quantitative estimate of drug-likeness (QED) is 0.454. The molecule has 31 heavy (non-hydrogen) atoms. The Kier molecular flexibility index (Phi) is 8.47. The predicted molar refractivity (Wildman–Crippen MR) is 114 cm³/mol. The van der Waals surface area contributed by atoms with Crippen LogP contribution in [0.2, 0.25) is 0 Å². The van der Waals surface area contributed by atoms with Gasteiger partial charge in [-0.05, 0) is 31.1 Å². The molecular weight excluding hydrogens is 398 g/mol. The first-order valence-corrected chi connectivity index (χ1v) is 11.0. The molecule has 1 aliphatic heterocycles. The van der Waals surface area contributed by atoms with E-state index in [0.29, 0.717) is 31.0 Å². The highest BCUT2D eigenvalue weighted by Gasteiger charge is 2.37. The normalized spacial score (nSPS) is 20.0. The minimum Gasteiger partial charge on any atom is -0.480 e. The minimum absolute atomic E-state index is 0.173. The molecule has 1 aliphatic carbocycles. The standard InChI is InChI=1S/C22H31N5O4/c28-20(29)14-25-18(12-16-6-2-1-3-7-16)22(31)27-11-5-9-19(27)21(30)24-10-4-8-17-13-23-15-26-17/h13,15-16,18-19,25H,1-3,5-7,9-12,14H2,(H,23,26)(H,24,30)(H,28,29)/t18-,19+/m1/s1. The number of nitrogens with zero attached hydrogens (tertiary/aromatic N) is 2. The molecule has 0 aromatic carbocycles. The first kappa shape index (κ1) is 22.8. The second-order valence-corrected chi connectivity index (χ2v) is 8.24. The van der Waals surface area contributed by atoms with Gasteiger partial charge in [-0.1, -0.05) is 38.0 Å². The van der Waals surface area contributed by atoms with Gasteiger partial charge in [-0.15, -0.1) is 0 Å². The zero-order valence-electron chi connectivity index (χ0n) is 17.7. The maximum Gasteiger partial charge on any atom is 0.317 e. The van der Waals surface area contributed by atoms with Gasteiger partial charge in [0.05, 0.1) is 31.7 Å². The van der Waals surface area contributed by atoms with Crippen LogP contribution in [0.15, 0.2) is 12.5 Å². The van der Waals surface area contributed by atoms with E-state index in [2.05, 4.69) is 32.4 Å². The predicted octanol–water partition coefficient (Wildman–Crippen LogP) is 0.882. The molecule has 4 N–H and O–H groups in total. The van der Waals surface area contributed by atoms with Crippen LogP contribution in [0.3, 0.4) is 0 Å². The first-order valence-electron chi connectivity index (χ1n) is 11.0. The van der Waals surface area contributed by atoms with Gasteiger partial charge in [-0.2, -0.15) is 0 Å². The number of aliphatic carboxylic acids is 1. The number of nitrogens with one attached hydrogen (secondary N) is 3. The lowest BCUT2D eigenvalue weighted by Gasteiger charge is -2.31. The number of imidazole rings is 1. The summed E-state index contributed by atoms with van der Waals surface area (Å²) in [6.45, 7) is 0.419. The number of carbonyl (C=O) groups is 3. The number of hydrogen-bond donors (Lipinski definition) is 4. The van der Waals surface area contributed by atoms with Gasteiger partial charge in [0.2, 0.25) is 11.8 Å². The largest absolute Gasteiger partial charge is 0.480 e. The van der Waals surface area contributed by atoms with Crippen LogP contribution in [0, 0.1) is 17.8 Å². The fraction of sp³-hybridized carbons (Fsp3) is 0.636. The summed E-state index contributed by atoms with van der Waals surface area (Å²) in [4.78, 5) is 45.4. The summed E-state index contributed by atoms with van der Waals surface area (Å²) in [6.07, 6.45) is 10.8. The van der Waals surface area contributed by atoms with Crippen molar-refractivity contribution < 1.29 is 19.5 Å². The monoisotopic (exact) mass is 429 g/mol. The van der Waals surface area contributed by atoms with Crippen molar-refractivity contribution in [1.82, 2.24) is 25.5 Å². The SMILES string of the molecule is O=C(O)CN[C@H](CC1CCCCC1)C(=O)N1CCC[C@H]1C(=O)NCC#Cc1cnc[nH]1. The Morgan fingerprint density at radius 1 is 1.23 bits per heavy atom. The molecule has 9 heteroatoms. The van der Waals surface area contributed by atoms with Crippen LogP contribution in [0.25, 0.3) is 0 Å². The highest BCUT2D eigenvalue weighted by atomic mass is 16.4. The second-order valence-electron chi connectivity index (χ2n) is 8.24. The van der Waals surface area contributed by atoms with Crippen LogP contribution < -0.4 is 10.6 Å². The third kappa shape index (κ3) is 6.82. The number of carboxylic acids is 1. The molecule has 168 valence electrons. The Balaban J connectivity index is 1.58. The minimum atomic E-state index is -0.993. The molecule has 0 spiro atoms. The molecule has 0 bridgehead atoms. The van der Waals surface area contributed by atoms with E-state index in [1.165, 1.54) is 12.7 Å². The summed E-state index contributed by atoms with van der Waals surface area (Å²) in [5, 5.41) is 14.8. The van der Waals surface area contributed by atoms with E-state index >= 15 is 0 Å². The lowest BCUT2D eigenvalue weighted by atomic mass is 9.84. The number of amides is 2. The summed E-state index contributed by atoms with van der Waals surface area (Å²) < 4.78 is 0. The van der Waals surface area contributed by atoms with Crippen molar-refractivity contribution in [3.63, 3.8) is 0 Å². The van der Waals surface area contributed by atoms with Gasteiger partial charge in [0, 0.05) is 6.54 Å². The second kappa shape index (κ2) is 11.5. The van der Waals surface area contributed by atoms with Gasteiger partial charge < -0.3 is 20.3 Å². The van der Waals surface area contributed by atoms with Crippen LogP contribution >= 0.6 is 0 Å². The third-order valence-electron chi connectivity index (χ3n) is 6.00. The van der Waals surface area contributed by atoms with Gasteiger partial charge in [-0.25, -0.2) is 4.98 Å². The molecule has 1 saturated carbocycles. The van der Waals surface area contributed by atoms with Crippen molar-refractivity contribution in [3.8, 4) is 11.8 Å². The number of aromatic amines is 1. The zero-order valence-corrected chi connectivity index (χ0v) is 17.7. The summed E-state index contributed by atoms with van der Waals surface area (Å²) in [5.74, 6) is 4.75. The van der Waals surface area contributed by atoms with Gasteiger partial charge in [0.15, 0.2) is 0 Å². The van der Waals surface area contributed by atoms with E-state index in [-0.39, 0.29) is 24.9 Å². The van der Waals surface area contributed by atoms with Gasteiger partial charge >= 0.3 is 5.97 Å². The van der Waals surface area contributed by atoms with Gasteiger partial charge in [0.1, 0.15) is 11.7 Å². The number of aromatic nitrogens is 2. The van der Waals surface area contributed by atoms with Crippen molar-refractivity contribution in [2.45, 2.75) is 63.5 Å². The maximum atomic E-state index is 13.3. The third-order valence-corrected chi connectivity index (χ3v) is 6.00. The molecule has 2 fully saturated rings. The van der Waals surface area contributed by atoms with Crippen LogP contribution in [0.1, 0.15) is 57.1 Å². The van der Waals surface area contributed by atoms with E-state index < -0.39 is 18.1 Å². The van der Waals surface area contributed by atoms with Gasteiger partial charge in [-0.3, -0.25) is 19.7 Å². The highest BCUT2D eigenvalue weighted by Crippen LogP contribution is 2.28. The molecule has 2 amide bonds. The molecule has 1 saturated heterocycles. The van der Waals surface area contributed by atoms with E-state index in [0.717, 1.165) is 32.1 Å². The Morgan fingerprint density at radius 3 is 2.74 bits per heavy atom. The summed E-state index contributed by atoms with van der Waals surface area (Å²) in [7, 11) is 0. The number of hydrogen-bond acceptors (Lipinski definition) is 5. The maximum absolute atomic E-state index is 13.3. The van der Waals surface area contributed by atoms with Crippen molar-refractivity contribution in [2.24, 2.45) is 5.92 Å². The van der Waals surface area contributed by atoms with Crippen molar-refractivity contribution >= 4 is 17.8 Å².